The zero-order valence-electron chi connectivity index (χ0n) is 7.73. The Bertz CT molecular complexity index is 421. The van der Waals surface area contributed by atoms with E-state index in [-0.39, 0.29) is 0 Å². The van der Waals surface area contributed by atoms with Gasteiger partial charge in [-0.1, -0.05) is 18.2 Å². The van der Waals surface area contributed by atoms with Crippen LogP contribution in [-0.4, -0.2) is 0 Å². The van der Waals surface area contributed by atoms with Crippen molar-refractivity contribution in [1.82, 2.24) is 0 Å². The molecule has 72 valence electrons. The average molecular weight is 204 g/mol. The number of nitrogens with two attached hydrogens (primary N) is 2. The Morgan fingerprint density at radius 2 is 2.00 bits per heavy atom. The fourth-order valence-electron chi connectivity index (χ4n) is 1.50. The van der Waals surface area contributed by atoms with Gasteiger partial charge in [-0.25, -0.2) is 0 Å². The molecular formula is C11H12N2S. The molecule has 0 spiro atoms. The normalized spacial score (nSPS) is 10.4. The number of benzene rings is 1. The molecule has 0 saturated heterocycles. The van der Waals surface area contributed by atoms with Crippen LogP contribution in [0.4, 0.5) is 5.69 Å². The Morgan fingerprint density at radius 3 is 2.64 bits per heavy atom. The summed E-state index contributed by atoms with van der Waals surface area (Å²) in [5.41, 5.74) is 14.5. The van der Waals surface area contributed by atoms with Crippen molar-refractivity contribution in [2.24, 2.45) is 5.73 Å². The van der Waals surface area contributed by atoms with Gasteiger partial charge < -0.3 is 11.5 Å². The molecule has 0 atom stereocenters. The maximum absolute atomic E-state index is 5.86. The smallest absolute Gasteiger partial charge is 0.0366 e. The Balaban J connectivity index is 2.58. The van der Waals surface area contributed by atoms with Gasteiger partial charge in [0.2, 0.25) is 0 Å². The summed E-state index contributed by atoms with van der Waals surface area (Å²) in [6.07, 6.45) is 0. The summed E-state index contributed by atoms with van der Waals surface area (Å²) in [7, 11) is 0. The molecule has 0 radical (unpaired) electrons. The number of rotatable bonds is 2. The maximum Gasteiger partial charge on any atom is 0.0366 e. The zero-order valence-corrected chi connectivity index (χ0v) is 8.55. The van der Waals surface area contributed by atoms with E-state index in [4.69, 9.17) is 11.5 Å². The van der Waals surface area contributed by atoms with Crippen LogP contribution in [0.15, 0.2) is 35.7 Å². The summed E-state index contributed by atoms with van der Waals surface area (Å²) < 4.78 is 0. The standard InChI is InChI=1S/C11H12N2S/c12-7-9-8(3-1-4-10(9)13)11-5-2-6-14-11/h1-6H,7,12-13H2. The second-order valence-corrected chi connectivity index (χ2v) is 4.00. The first-order valence-electron chi connectivity index (χ1n) is 4.44. The van der Waals surface area contributed by atoms with Gasteiger partial charge in [-0.15, -0.1) is 11.3 Å². The number of hydrogen-bond donors (Lipinski definition) is 2. The van der Waals surface area contributed by atoms with Crippen LogP contribution in [0.25, 0.3) is 10.4 Å². The van der Waals surface area contributed by atoms with Crippen LogP contribution in [-0.2, 0) is 6.54 Å². The van der Waals surface area contributed by atoms with Crippen molar-refractivity contribution in [3.05, 3.63) is 41.3 Å². The van der Waals surface area contributed by atoms with E-state index >= 15 is 0 Å². The first-order chi connectivity index (χ1) is 6.83. The lowest BCUT2D eigenvalue weighted by Gasteiger charge is -2.08. The van der Waals surface area contributed by atoms with Crippen LogP contribution in [0.5, 0.6) is 0 Å². The Morgan fingerprint density at radius 1 is 1.14 bits per heavy atom. The van der Waals surface area contributed by atoms with Gasteiger partial charge in [0, 0.05) is 17.1 Å². The highest BCUT2D eigenvalue weighted by molar-refractivity contribution is 7.13. The number of thiophene rings is 1. The minimum atomic E-state index is 0.486. The van der Waals surface area contributed by atoms with E-state index in [2.05, 4.69) is 17.5 Å². The molecule has 0 aliphatic rings. The fourth-order valence-corrected chi connectivity index (χ4v) is 2.27. The van der Waals surface area contributed by atoms with Gasteiger partial charge in [-0.2, -0.15) is 0 Å². The highest BCUT2D eigenvalue weighted by Gasteiger charge is 2.06. The molecule has 2 rings (SSSR count). The van der Waals surface area contributed by atoms with Crippen molar-refractivity contribution in [3.63, 3.8) is 0 Å². The molecule has 3 heteroatoms. The van der Waals surface area contributed by atoms with Gasteiger partial charge in [-0.05, 0) is 28.6 Å². The molecule has 0 unspecified atom stereocenters. The molecule has 2 aromatic rings. The van der Waals surface area contributed by atoms with Gasteiger partial charge in [0.15, 0.2) is 0 Å². The maximum atomic E-state index is 5.86. The van der Waals surface area contributed by atoms with E-state index in [9.17, 15) is 0 Å². The van der Waals surface area contributed by atoms with Crippen LogP contribution >= 0.6 is 11.3 Å². The summed E-state index contributed by atoms with van der Waals surface area (Å²) in [6.45, 7) is 0.486. The van der Waals surface area contributed by atoms with Crippen LogP contribution in [0.3, 0.4) is 0 Å². The Kier molecular flexibility index (Phi) is 2.52. The topological polar surface area (TPSA) is 52.0 Å². The molecule has 0 fully saturated rings. The third-order valence-electron chi connectivity index (χ3n) is 2.20. The summed E-state index contributed by atoms with van der Waals surface area (Å²) >= 11 is 1.70. The van der Waals surface area contributed by atoms with Crippen molar-refractivity contribution in [2.45, 2.75) is 6.54 Å². The van der Waals surface area contributed by atoms with Crippen LogP contribution < -0.4 is 11.5 Å². The van der Waals surface area contributed by atoms with Crippen molar-refractivity contribution in [2.75, 3.05) is 5.73 Å². The van der Waals surface area contributed by atoms with Crippen LogP contribution in [0.2, 0.25) is 0 Å². The van der Waals surface area contributed by atoms with E-state index in [0.717, 1.165) is 16.8 Å². The minimum absolute atomic E-state index is 0.486. The predicted molar refractivity (Wildman–Crippen MR) is 62.1 cm³/mol. The summed E-state index contributed by atoms with van der Waals surface area (Å²) in [4.78, 5) is 1.22. The molecule has 1 heterocycles. The van der Waals surface area contributed by atoms with Gasteiger partial charge in [0.05, 0.1) is 0 Å². The van der Waals surface area contributed by atoms with Crippen LogP contribution in [0.1, 0.15) is 5.56 Å². The summed E-state index contributed by atoms with van der Waals surface area (Å²) in [5, 5.41) is 2.05. The molecule has 0 saturated carbocycles. The van der Waals surface area contributed by atoms with E-state index in [1.807, 2.05) is 18.2 Å². The van der Waals surface area contributed by atoms with Crippen molar-refractivity contribution in [1.29, 1.82) is 0 Å². The van der Waals surface area contributed by atoms with Crippen molar-refractivity contribution < 1.29 is 0 Å². The quantitative estimate of drug-likeness (QED) is 0.738. The zero-order chi connectivity index (χ0) is 9.97. The van der Waals surface area contributed by atoms with Gasteiger partial charge >= 0.3 is 0 Å². The monoisotopic (exact) mass is 204 g/mol. The second-order valence-electron chi connectivity index (χ2n) is 3.05. The summed E-state index contributed by atoms with van der Waals surface area (Å²) in [6, 6.07) is 10.0. The molecule has 2 nitrogen and oxygen atoms in total. The molecule has 0 bridgehead atoms. The lowest BCUT2D eigenvalue weighted by Crippen LogP contribution is -2.03. The van der Waals surface area contributed by atoms with E-state index in [1.54, 1.807) is 11.3 Å². The Hall–Kier alpha value is -1.32. The Labute approximate surface area is 87.2 Å². The number of nitrogen functional groups attached to an aromatic ring is 1. The van der Waals surface area contributed by atoms with Gasteiger partial charge in [0.1, 0.15) is 0 Å². The molecule has 14 heavy (non-hydrogen) atoms. The highest BCUT2D eigenvalue weighted by atomic mass is 32.1. The SMILES string of the molecule is NCc1c(N)cccc1-c1cccs1. The molecule has 0 aliphatic heterocycles. The largest absolute Gasteiger partial charge is 0.398 e. The number of anilines is 1. The minimum Gasteiger partial charge on any atom is -0.398 e. The van der Waals surface area contributed by atoms with Crippen molar-refractivity contribution >= 4 is 17.0 Å². The second kappa shape index (κ2) is 3.82. The highest BCUT2D eigenvalue weighted by Crippen LogP contribution is 2.30. The van der Waals surface area contributed by atoms with E-state index < -0.39 is 0 Å². The lowest BCUT2D eigenvalue weighted by molar-refractivity contribution is 1.08. The molecule has 4 N–H and O–H groups in total. The molecule has 0 aliphatic carbocycles. The molecule has 0 amide bonds. The molecule has 1 aromatic carbocycles. The van der Waals surface area contributed by atoms with E-state index in [1.165, 1.54) is 4.88 Å². The molecular weight excluding hydrogens is 192 g/mol. The van der Waals surface area contributed by atoms with E-state index in [0.29, 0.717) is 6.54 Å². The lowest BCUT2D eigenvalue weighted by atomic mass is 10.0. The molecule has 1 aromatic heterocycles. The van der Waals surface area contributed by atoms with Gasteiger partial charge in [0.25, 0.3) is 0 Å². The number of hydrogen-bond acceptors (Lipinski definition) is 3. The van der Waals surface area contributed by atoms with Crippen LogP contribution in [0, 0.1) is 0 Å². The first kappa shape index (κ1) is 9.24. The van der Waals surface area contributed by atoms with Gasteiger partial charge in [-0.3, -0.25) is 0 Å². The van der Waals surface area contributed by atoms with Crippen molar-refractivity contribution in [3.8, 4) is 10.4 Å². The third kappa shape index (κ3) is 1.52. The fraction of sp³-hybridized carbons (Fsp3) is 0.0909. The summed E-state index contributed by atoms with van der Waals surface area (Å²) in [5.74, 6) is 0. The average Bonchev–Trinajstić information content (AvgIpc) is 2.70. The predicted octanol–water partition coefficient (Wildman–Crippen LogP) is 2.46. The third-order valence-corrected chi connectivity index (χ3v) is 3.11. The first-order valence-corrected chi connectivity index (χ1v) is 5.32.